The summed E-state index contributed by atoms with van der Waals surface area (Å²) in [7, 11) is 1.79. The van der Waals surface area contributed by atoms with Gasteiger partial charge >= 0.3 is 6.03 Å². The van der Waals surface area contributed by atoms with Gasteiger partial charge in [-0.05, 0) is 74.6 Å². The molecule has 1 atom stereocenters. The summed E-state index contributed by atoms with van der Waals surface area (Å²) in [4.78, 5) is 42.0. The van der Waals surface area contributed by atoms with E-state index in [0.29, 0.717) is 45.1 Å². The van der Waals surface area contributed by atoms with Crippen LogP contribution in [0.25, 0.3) is 0 Å². The zero-order valence-corrected chi connectivity index (χ0v) is 24.7. The van der Waals surface area contributed by atoms with Gasteiger partial charge < -0.3 is 20.4 Å². The number of anilines is 2. The van der Waals surface area contributed by atoms with Crippen molar-refractivity contribution in [2.24, 2.45) is 5.92 Å². The van der Waals surface area contributed by atoms with Crippen LogP contribution in [-0.2, 0) is 16.1 Å². The second kappa shape index (κ2) is 12.7. The van der Waals surface area contributed by atoms with Crippen molar-refractivity contribution in [1.29, 1.82) is 0 Å². The second-order valence-corrected chi connectivity index (χ2v) is 11.6. The maximum absolute atomic E-state index is 13.3. The molecule has 1 aliphatic heterocycles. The van der Waals surface area contributed by atoms with Crippen LogP contribution in [0.15, 0.2) is 48.7 Å². The second-order valence-electron chi connectivity index (χ2n) is 10.3. The molecule has 2 aromatic carbocycles. The Morgan fingerprint density at radius 1 is 1.00 bits per heavy atom. The molecule has 1 aliphatic carbocycles. The molecule has 0 radical (unpaired) electrons. The molecule has 1 saturated carbocycles. The van der Waals surface area contributed by atoms with E-state index in [-0.39, 0.29) is 36.5 Å². The van der Waals surface area contributed by atoms with Crippen LogP contribution in [0.1, 0.15) is 43.8 Å². The number of carbonyl (C=O) groups is 3. The van der Waals surface area contributed by atoms with Gasteiger partial charge in [0.05, 0.1) is 28.8 Å². The number of carbonyl (C=O) groups excluding carboxylic acids is 3. The number of rotatable bonds is 7. The zero-order chi connectivity index (χ0) is 29.1. The van der Waals surface area contributed by atoms with Gasteiger partial charge in [-0.3, -0.25) is 9.59 Å². The molecule has 2 N–H and O–H groups in total. The SMILES string of the molecule is CN(C(=O)C1CCN(c2ccc(Cl)c(Cl)c2)C1=O)C1CCC(n2cc(CNC(=O)Nc3ccc(Cl)cc3)nn2)CC1. The van der Waals surface area contributed by atoms with E-state index < -0.39 is 5.92 Å². The third kappa shape index (κ3) is 6.77. The molecular formula is C28H30Cl3N7O3. The number of hydrogen-bond donors (Lipinski definition) is 2. The number of nitrogens with zero attached hydrogens (tertiary/aromatic N) is 5. The number of aromatic nitrogens is 3. The standard InChI is InChI=1S/C28H30Cl3N7O3/c1-36(26(39)23-12-13-37(27(23)40)22-10-11-24(30)25(31)14-22)20-6-8-21(9-7-20)38-16-19(34-35-38)15-32-28(41)33-18-4-2-17(29)3-5-18/h2-5,10-11,14,16,20-21,23H,6-9,12-13,15H2,1H3,(H2,32,33,41). The molecule has 3 aromatic rings. The van der Waals surface area contributed by atoms with Crippen molar-refractivity contribution in [2.75, 3.05) is 23.8 Å². The van der Waals surface area contributed by atoms with E-state index in [2.05, 4.69) is 20.9 Å². The van der Waals surface area contributed by atoms with Crippen molar-refractivity contribution in [3.8, 4) is 0 Å². The van der Waals surface area contributed by atoms with E-state index in [9.17, 15) is 14.4 Å². The van der Waals surface area contributed by atoms with Crippen molar-refractivity contribution >= 4 is 64.0 Å². The lowest BCUT2D eigenvalue weighted by molar-refractivity contribution is -0.141. The zero-order valence-electron chi connectivity index (χ0n) is 22.4. The molecule has 0 bridgehead atoms. The molecule has 10 nitrogen and oxygen atoms in total. The van der Waals surface area contributed by atoms with E-state index in [4.69, 9.17) is 34.8 Å². The van der Waals surface area contributed by atoms with E-state index in [1.54, 1.807) is 59.3 Å². The molecule has 2 fully saturated rings. The van der Waals surface area contributed by atoms with E-state index >= 15 is 0 Å². The highest BCUT2D eigenvalue weighted by Crippen LogP contribution is 2.34. The normalized spacial score (nSPS) is 20.6. The summed E-state index contributed by atoms with van der Waals surface area (Å²) in [5, 5.41) is 15.4. The Morgan fingerprint density at radius 2 is 1.73 bits per heavy atom. The lowest BCUT2D eigenvalue weighted by Gasteiger charge is -2.35. The highest BCUT2D eigenvalue weighted by Gasteiger charge is 2.41. The fourth-order valence-electron chi connectivity index (χ4n) is 5.41. The minimum atomic E-state index is -0.700. The molecule has 5 rings (SSSR count). The topological polar surface area (TPSA) is 112 Å². The van der Waals surface area contributed by atoms with Crippen molar-refractivity contribution in [3.05, 3.63) is 69.4 Å². The minimum Gasteiger partial charge on any atom is -0.342 e. The van der Waals surface area contributed by atoms with Gasteiger partial charge in [0.2, 0.25) is 11.8 Å². The Kier molecular flexibility index (Phi) is 9.01. The molecule has 216 valence electrons. The summed E-state index contributed by atoms with van der Waals surface area (Å²) in [5.41, 5.74) is 1.93. The van der Waals surface area contributed by atoms with Crippen LogP contribution in [0.5, 0.6) is 0 Å². The van der Waals surface area contributed by atoms with Crippen LogP contribution in [0.3, 0.4) is 0 Å². The largest absolute Gasteiger partial charge is 0.342 e. The number of halogens is 3. The Bertz CT molecular complexity index is 1420. The number of hydrogen-bond acceptors (Lipinski definition) is 5. The Balaban J connectivity index is 1.09. The number of urea groups is 1. The summed E-state index contributed by atoms with van der Waals surface area (Å²) in [6.45, 7) is 0.695. The molecule has 41 heavy (non-hydrogen) atoms. The van der Waals surface area contributed by atoms with Gasteiger partial charge in [0, 0.05) is 36.0 Å². The fraction of sp³-hybridized carbons (Fsp3) is 0.393. The van der Waals surface area contributed by atoms with E-state index in [1.807, 2.05) is 10.9 Å². The van der Waals surface area contributed by atoms with Crippen molar-refractivity contribution < 1.29 is 14.4 Å². The van der Waals surface area contributed by atoms with Gasteiger partial charge in [-0.1, -0.05) is 40.0 Å². The molecule has 0 spiro atoms. The molecule has 1 aromatic heterocycles. The van der Waals surface area contributed by atoms with Crippen molar-refractivity contribution in [3.63, 3.8) is 0 Å². The van der Waals surface area contributed by atoms with Gasteiger partial charge in [0.15, 0.2) is 0 Å². The number of benzene rings is 2. The third-order valence-electron chi connectivity index (χ3n) is 7.74. The van der Waals surface area contributed by atoms with Gasteiger partial charge in [-0.2, -0.15) is 0 Å². The Morgan fingerprint density at radius 3 is 2.44 bits per heavy atom. The maximum atomic E-state index is 13.3. The monoisotopic (exact) mass is 617 g/mol. The molecule has 13 heteroatoms. The molecule has 2 aliphatic rings. The lowest BCUT2D eigenvalue weighted by atomic mass is 9.89. The van der Waals surface area contributed by atoms with Gasteiger partial charge in [0.25, 0.3) is 0 Å². The van der Waals surface area contributed by atoms with Gasteiger partial charge in [-0.25, -0.2) is 9.48 Å². The minimum absolute atomic E-state index is 0.0480. The van der Waals surface area contributed by atoms with Gasteiger partial charge in [0.1, 0.15) is 11.6 Å². The number of amides is 4. The average Bonchev–Trinajstić information content (AvgIpc) is 3.61. The van der Waals surface area contributed by atoms with Gasteiger partial charge in [-0.15, -0.1) is 5.10 Å². The predicted molar refractivity (Wildman–Crippen MR) is 158 cm³/mol. The predicted octanol–water partition coefficient (Wildman–Crippen LogP) is 5.56. The average molecular weight is 619 g/mol. The summed E-state index contributed by atoms with van der Waals surface area (Å²) in [6.07, 6.45) is 5.54. The summed E-state index contributed by atoms with van der Waals surface area (Å²) in [5.74, 6) is -1.05. The summed E-state index contributed by atoms with van der Waals surface area (Å²) >= 11 is 18.0. The van der Waals surface area contributed by atoms with Crippen LogP contribution in [-0.4, -0.2) is 57.4 Å². The molecule has 1 saturated heterocycles. The van der Waals surface area contributed by atoms with Crippen LogP contribution in [0.2, 0.25) is 15.1 Å². The Labute approximate surface area is 252 Å². The van der Waals surface area contributed by atoms with Crippen LogP contribution < -0.4 is 15.5 Å². The van der Waals surface area contributed by atoms with E-state index in [0.717, 1.165) is 25.7 Å². The first-order chi connectivity index (χ1) is 19.7. The smallest absolute Gasteiger partial charge is 0.319 e. The quantitative estimate of drug-likeness (QED) is 0.337. The molecule has 1 unspecified atom stereocenters. The molecular weight excluding hydrogens is 589 g/mol. The van der Waals surface area contributed by atoms with Crippen molar-refractivity contribution in [2.45, 2.75) is 50.7 Å². The first-order valence-electron chi connectivity index (χ1n) is 13.4. The summed E-state index contributed by atoms with van der Waals surface area (Å²) in [6, 6.07) is 11.7. The lowest BCUT2D eigenvalue weighted by Crippen LogP contribution is -2.44. The van der Waals surface area contributed by atoms with Crippen molar-refractivity contribution in [1.82, 2.24) is 25.2 Å². The van der Waals surface area contributed by atoms with Crippen LogP contribution in [0.4, 0.5) is 16.2 Å². The maximum Gasteiger partial charge on any atom is 0.319 e. The fourth-order valence-corrected chi connectivity index (χ4v) is 5.82. The Hall–Kier alpha value is -3.34. The first-order valence-corrected chi connectivity index (χ1v) is 14.6. The molecule has 2 heterocycles. The molecule has 4 amide bonds. The first kappa shape index (κ1) is 29.2. The highest BCUT2D eigenvalue weighted by molar-refractivity contribution is 6.42. The van der Waals surface area contributed by atoms with E-state index in [1.165, 1.54) is 0 Å². The third-order valence-corrected chi connectivity index (χ3v) is 8.74. The van der Waals surface area contributed by atoms with Crippen LogP contribution in [0, 0.1) is 5.92 Å². The summed E-state index contributed by atoms with van der Waals surface area (Å²) < 4.78 is 1.84. The number of nitrogens with one attached hydrogen (secondary N) is 2. The van der Waals surface area contributed by atoms with Crippen LogP contribution >= 0.6 is 34.8 Å². The highest BCUT2D eigenvalue weighted by atomic mass is 35.5.